The van der Waals surface area contributed by atoms with Gasteiger partial charge in [0.25, 0.3) is 0 Å². The van der Waals surface area contributed by atoms with Gasteiger partial charge in [-0.15, -0.1) is 0 Å². The summed E-state index contributed by atoms with van der Waals surface area (Å²) >= 11 is 0. The first kappa shape index (κ1) is 15.6. The van der Waals surface area contributed by atoms with Gasteiger partial charge in [-0.2, -0.15) is 5.10 Å². The van der Waals surface area contributed by atoms with Crippen LogP contribution in [0.15, 0.2) is 12.3 Å². The molecule has 20 heavy (non-hydrogen) atoms. The van der Waals surface area contributed by atoms with Crippen molar-refractivity contribution in [3.05, 3.63) is 18.0 Å². The predicted molar refractivity (Wildman–Crippen MR) is 84.9 cm³/mol. The minimum absolute atomic E-state index is 0.656. The first-order chi connectivity index (χ1) is 9.65. The lowest BCUT2D eigenvalue weighted by Crippen LogP contribution is -2.26. The smallest absolute Gasteiger partial charge is 0.0627 e. The molecule has 0 spiro atoms. The molecule has 1 aromatic heterocycles. The zero-order valence-electron chi connectivity index (χ0n) is 13.4. The summed E-state index contributed by atoms with van der Waals surface area (Å²) in [6.07, 6.45) is 10.1. The van der Waals surface area contributed by atoms with Gasteiger partial charge in [0.15, 0.2) is 0 Å². The minimum atomic E-state index is 0.656. The number of rotatable bonds is 7. The molecule has 3 heteroatoms. The van der Waals surface area contributed by atoms with Crippen molar-refractivity contribution in [2.24, 2.45) is 11.8 Å². The zero-order valence-corrected chi connectivity index (χ0v) is 13.4. The minimum Gasteiger partial charge on any atom is -0.316 e. The van der Waals surface area contributed by atoms with Gasteiger partial charge in [0.05, 0.1) is 11.7 Å². The molecule has 1 heterocycles. The van der Waals surface area contributed by atoms with Crippen LogP contribution in [0.5, 0.6) is 0 Å². The fourth-order valence-electron chi connectivity index (χ4n) is 3.08. The van der Waals surface area contributed by atoms with Gasteiger partial charge in [-0.05, 0) is 50.3 Å². The maximum atomic E-state index is 4.81. The molecule has 3 nitrogen and oxygen atoms in total. The second-order valence-corrected chi connectivity index (χ2v) is 6.94. The summed E-state index contributed by atoms with van der Waals surface area (Å²) in [6.45, 7) is 9.02. The van der Waals surface area contributed by atoms with Gasteiger partial charge in [0.2, 0.25) is 0 Å². The Morgan fingerprint density at radius 3 is 2.65 bits per heavy atom. The fraction of sp³-hybridized carbons (Fsp3) is 0.824. The first-order valence-corrected chi connectivity index (χ1v) is 8.40. The zero-order chi connectivity index (χ0) is 14.4. The Kier molecular flexibility index (Phi) is 6.08. The summed E-state index contributed by atoms with van der Waals surface area (Å²) in [5.74, 6) is 1.39. The number of nitrogens with one attached hydrogen (secondary N) is 1. The van der Waals surface area contributed by atoms with E-state index in [1.165, 1.54) is 37.8 Å². The average Bonchev–Trinajstić information content (AvgIpc) is 2.88. The van der Waals surface area contributed by atoms with E-state index < -0.39 is 0 Å². The Morgan fingerprint density at radius 2 is 1.95 bits per heavy atom. The molecule has 1 aliphatic carbocycles. The van der Waals surface area contributed by atoms with E-state index in [1.54, 1.807) is 0 Å². The highest BCUT2D eigenvalue weighted by Crippen LogP contribution is 2.27. The SMILES string of the molecule is CC(C)CNCC(C)Cc1ccn(C2CCCCC2)n1. The summed E-state index contributed by atoms with van der Waals surface area (Å²) in [4.78, 5) is 0. The fourth-order valence-corrected chi connectivity index (χ4v) is 3.08. The summed E-state index contributed by atoms with van der Waals surface area (Å²) in [6, 6.07) is 2.87. The summed E-state index contributed by atoms with van der Waals surface area (Å²) in [5, 5.41) is 8.35. The van der Waals surface area contributed by atoms with Crippen LogP contribution in [0.1, 0.15) is 64.6 Å². The monoisotopic (exact) mass is 277 g/mol. The molecule has 0 amide bonds. The first-order valence-electron chi connectivity index (χ1n) is 8.40. The summed E-state index contributed by atoms with van der Waals surface area (Å²) in [7, 11) is 0. The van der Waals surface area contributed by atoms with Crippen molar-refractivity contribution in [1.29, 1.82) is 0 Å². The molecule has 0 aliphatic heterocycles. The Bertz CT molecular complexity index is 377. The highest BCUT2D eigenvalue weighted by Gasteiger charge is 2.16. The van der Waals surface area contributed by atoms with Gasteiger partial charge >= 0.3 is 0 Å². The second-order valence-electron chi connectivity index (χ2n) is 6.94. The molecule has 1 saturated carbocycles. The third-order valence-electron chi connectivity index (χ3n) is 4.22. The Hall–Kier alpha value is -0.830. The summed E-state index contributed by atoms with van der Waals surface area (Å²) in [5.41, 5.74) is 1.26. The molecule has 1 unspecified atom stereocenters. The normalized spacial score (nSPS) is 18.6. The van der Waals surface area contributed by atoms with Crippen molar-refractivity contribution in [2.45, 2.75) is 65.3 Å². The molecular weight excluding hydrogens is 246 g/mol. The van der Waals surface area contributed by atoms with E-state index >= 15 is 0 Å². The molecule has 0 bridgehead atoms. The van der Waals surface area contributed by atoms with E-state index in [0.717, 1.165) is 25.4 Å². The average molecular weight is 277 g/mol. The highest BCUT2D eigenvalue weighted by molar-refractivity contribution is 5.01. The van der Waals surface area contributed by atoms with E-state index in [0.29, 0.717) is 12.0 Å². The van der Waals surface area contributed by atoms with Crippen LogP contribution in [0.25, 0.3) is 0 Å². The molecule has 1 N–H and O–H groups in total. The van der Waals surface area contributed by atoms with Gasteiger partial charge in [-0.3, -0.25) is 4.68 Å². The molecule has 1 aliphatic rings. The van der Waals surface area contributed by atoms with Gasteiger partial charge < -0.3 is 5.32 Å². The van der Waals surface area contributed by atoms with E-state index in [2.05, 4.69) is 43.0 Å². The van der Waals surface area contributed by atoms with Crippen molar-refractivity contribution < 1.29 is 0 Å². The van der Waals surface area contributed by atoms with Crippen LogP contribution in [0.3, 0.4) is 0 Å². The predicted octanol–water partition coefficient (Wildman–Crippen LogP) is 3.81. The van der Waals surface area contributed by atoms with Gasteiger partial charge in [0.1, 0.15) is 0 Å². The van der Waals surface area contributed by atoms with Crippen molar-refractivity contribution >= 4 is 0 Å². The van der Waals surface area contributed by atoms with Gasteiger partial charge in [-0.25, -0.2) is 0 Å². The molecule has 1 fully saturated rings. The van der Waals surface area contributed by atoms with Crippen LogP contribution in [0.4, 0.5) is 0 Å². The van der Waals surface area contributed by atoms with Crippen molar-refractivity contribution in [1.82, 2.24) is 15.1 Å². The molecular formula is C17H31N3. The van der Waals surface area contributed by atoms with Crippen LogP contribution < -0.4 is 5.32 Å². The third kappa shape index (κ3) is 4.93. The van der Waals surface area contributed by atoms with Crippen LogP contribution in [-0.2, 0) is 6.42 Å². The number of hydrogen-bond donors (Lipinski definition) is 1. The molecule has 0 saturated heterocycles. The maximum absolute atomic E-state index is 4.81. The van der Waals surface area contributed by atoms with Crippen LogP contribution >= 0.6 is 0 Å². The molecule has 1 aromatic rings. The van der Waals surface area contributed by atoms with Gasteiger partial charge in [0, 0.05) is 6.20 Å². The quantitative estimate of drug-likeness (QED) is 0.821. The largest absolute Gasteiger partial charge is 0.316 e. The Labute approximate surface area is 124 Å². The summed E-state index contributed by atoms with van der Waals surface area (Å²) < 4.78 is 2.22. The van der Waals surface area contributed by atoms with E-state index in [-0.39, 0.29) is 0 Å². The van der Waals surface area contributed by atoms with Crippen LogP contribution in [-0.4, -0.2) is 22.9 Å². The molecule has 0 radical (unpaired) electrons. The standard InChI is InChI=1S/C17H31N3/c1-14(2)12-18-13-15(3)11-16-9-10-20(19-16)17-7-5-4-6-8-17/h9-10,14-15,17-18H,4-8,11-13H2,1-3H3. The van der Waals surface area contributed by atoms with Crippen molar-refractivity contribution in [3.8, 4) is 0 Å². The Balaban J connectivity index is 1.76. The lowest BCUT2D eigenvalue weighted by Gasteiger charge is -2.21. The van der Waals surface area contributed by atoms with E-state index in [4.69, 9.17) is 5.10 Å². The van der Waals surface area contributed by atoms with E-state index in [1.807, 2.05) is 0 Å². The molecule has 1 atom stereocenters. The second kappa shape index (κ2) is 7.82. The highest BCUT2D eigenvalue weighted by atomic mass is 15.3. The van der Waals surface area contributed by atoms with E-state index in [9.17, 15) is 0 Å². The van der Waals surface area contributed by atoms with Crippen molar-refractivity contribution in [2.75, 3.05) is 13.1 Å². The van der Waals surface area contributed by atoms with Crippen molar-refractivity contribution in [3.63, 3.8) is 0 Å². The Morgan fingerprint density at radius 1 is 1.20 bits per heavy atom. The molecule has 0 aromatic carbocycles. The third-order valence-corrected chi connectivity index (χ3v) is 4.22. The van der Waals surface area contributed by atoms with Gasteiger partial charge in [-0.1, -0.05) is 40.0 Å². The number of aromatic nitrogens is 2. The topological polar surface area (TPSA) is 29.9 Å². The lowest BCUT2D eigenvalue weighted by atomic mass is 9.96. The number of hydrogen-bond acceptors (Lipinski definition) is 2. The maximum Gasteiger partial charge on any atom is 0.0627 e. The lowest BCUT2D eigenvalue weighted by molar-refractivity contribution is 0.327. The molecule has 114 valence electrons. The molecule has 2 rings (SSSR count). The number of nitrogens with zero attached hydrogens (tertiary/aromatic N) is 2. The van der Waals surface area contributed by atoms with Crippen LogP contribution in [0.2, 0.25) is 0 Å². The van der Waals surface area contributed by atoms with Crippen LogP contribution in [0, 0.1) is 11.8 Å².